The average molecular weight is 234 g/mol. The first-order valence-corrected chi connectivity index (χ1v) is 6.48. The van der Waals surface area contributed by atoms with E-state index >= 15 is 0 Å². The Balaban J connectivity index is 2.44. The summed E-state index contributed by atoms with van der Waals surface area (Å²) < 4.78 is 11.1. The molecule has 0 aliphatic carbocycles. The van der Waals surface area contributed by atoms with Crippen molar-refractivity contribution in [2.24, 2.45) is 0 Å². The second-order valence-electron chi connectivity index (χ2n) is 3.52. The lowest BCUT2D eigenvalue weighted by Gasteiger charge is -2.12. The summed E-state index contributed by atoms with van der Waals surface area (Å²) in [6, 6.07) is 7.92. The third kappa shape index (κ3) is 4.21. The van der Waals surface area contributed by atoms with Crippen molar-refractivity contribution < 1.29 is 9.16 Å². The van der Waals surface area contributed by atoms with Gasteiger partial charge in [0, 0.05) is 24.3 Å². The third-order valence-corrected chi connectivity index (χ3v) is 2.99. The van der Waals surface area contributed by atoms with Gasteiger partial charge in [0.25, 0.3) is 0 Å². The topological polar surface area (TPSA) is 18.5 Å². The summed E-state index contributed by atoms with van der Waals surface area (Å²) in [7, 11) is 0.420. The molecular weight excluding hydrogens is 216 g/mol. The number of para-hydroxylation sites is 1. The van der Waals surface area contributed by atoms with Crippen LogP contribution in [0.5, 0.6) is 5.75 Å². The lowest BCUT2D eigenvalue weighted by Crippen LogP contribution is -2.14. The molecule has 1 unspecified atom stereocenters. The Hall–Kier alpha value is -1.06. The van der Waals surface area contributed by atoms with Gasteiger partial charge in [-0.1, -0.05) is 37.8 Å². The van der Waals surface area contributed by atoms with Crippen molar-refractivity contribution in [2.75, 3.05) is 13.2 Å². The van der Waals surface area contributed by atoms with E-state index < -0.39 is 0 Å². The molecule has 3 heteroatoms. The van der Waals surface area contributed by atoms with E-state index in [0.717, 1.165) is 24.5 Å². The number of hydrogen-bond acceptors (Lipinski definition) is 2. The van der Waals surface area contributed by atoms with Crippen LogP contribution in [0.25, 0.3) is 6.08 Å². The van der Waals surface area contributed by atoms with Gasteiger partial charge >= 0.3 is 9.76 Å². The molecule has 1 aromatic carbocycles. The first-order valence-electron chi connectivity index (χ1n) is 5.49. The number of rotatable bonds is 7. The highest BCUT2D eigenvalue weighted by Crippen LogP contribution is 2.19. The van der Waals surface area contributed by atoms with Crippen LogP contribution in [0.2, 0.25) is 5.54 Å². The summed E-state index contributed by atoms with van der Waals surface area (Å²) in [5.74, 6) is 0.902. The van der Waals surface area contributed by atoms with E-state index in [4.69, 9.17) is 9.16 Å². The number of ether oxygens (including phenoxy) is 1. The van der Waals surface area contributed by atoms with Gasteiger partial charge in [0.1, 0.15) is 5.75 Å². The molecule has 1 aromatic rings. The molecule has 0 saturated heterocycles. The second kappa shape index (κ2) is 7.25. The predicted molar refractivity (Wildman–Crippen MR) is 68.8 cm³/mol. The molecule has 0 aliphatic heterocycles. The van der Waals surface area contributed by atoms with Gasteiger partial charge in [-0.2, -0.15) is 0 Å². The number of benzene rings is 1. The maximum atomic E-state index is 5.76. The van der Waals surface area contributed by atoms with Crippen LogP contribution in [0.3, 0.4) is 0 Å². The first kappa shape index (κ1) is 13.0. The van der Waals surface area contributed by atoms with E-state index in [-0.39, 0.29) is 0 Å². The Morgan fingerprint density at radius 3 is 2.88 bits per heavy atom. The fraction of sp³-hybridized carbons (Fsp3) is 0.385. The van der Waals surface area contributed by atoms with Crippen molar-refractivity contribution in [3.63, 3.8) is 0 Å². The van der Waals surface area contributed by atoms with E-state index in [0.29, 0.717) is 15.3 Å². The van der Waals surface area contributed by atoms with E-state index in [9.17, 15) is 0 Å². The SMILES string of the molecule is C=Cc1ccccc1O[Si]C(C)COCC. The fourth-order valence-electron chi connectivity index (χ4n) is 1.23. The molecular formula is C13H18O2Si. The van der Waals surface area contributed by atoms with E-state index in [1.54, 1.807) is 0 Å². The van der Waals surface area contributed by atoms with Gasteiger partial charge in [-0.3, -0.25) is 0 Å². The Kier molecular flexibility index (Phi) is 5.89. The predicted octanol–water partition coefficient (Wildman–Crippen LogP) is 3.17. The molecule has 1 rings (SSSR count). The minimum Gasteiger partial charge on any atom is -0.540 e. The fourth-order valence-corrected chi connectivity index (χ4v) is 1.93. The Bertz CT molecular complexity index is 325. The van der Waals surface area contributed by atoms with Crippen molar-refractivity contribution >= 4 is 15.8 Å². The maximum absolute atomic E-state index is 5.76. The second-order valence-corrected chi connectivity index (χ2v) is 4.95. The molecule has 2 nitrogen and oxygen atoms in total. The van der Waals surface area contributed by atoms with Gasteiger partial charge in [0.15, 0.2) is 0 Å². The molecule has 0 amide bonds. The lowest BCUT2D eigenvalue weighted by molar-refractivity contribution is 0.146. The molecule has 0 N–H and O–H groups in total. The molecule has 0 heterocycles. The molecule has 0 saturated carbocycles. The summed E-state index contributed by atoms with van der Waals surface area (Å²) in [5, 5.41) is 0. The van der Waals surface area contributed by atoms with Crippen molar-refractivity contribution in [3.05, 3.63) is 36.4 Å². The van der Waals surface area contributed by atoms with Gasteiger partial charge in [-0.05, 0) is 13.0 Å². The molecule has 2 radical (unpaired) electrons. The molecule has 16 heavy (non-hydrogen) atoms. The minimum absolute atomic E-state index is 0.420. The zero-order chi connectivity index (χ0) is 11.8. The molecule has 0 aliphatic rings. The van der Waals surface area contributed by atoms with Crippen LogP contribution < -0.4 is 4.43 Å². The van der Waals surface area contributed by atoms with Crippen molar-refractivity contribution in [2.45, 2.75) is 19.4 Å². The lowest BCUT2D eigenvalue weighted by atomic mass is 10.2. The Morgan fingerprint density at radius 2 is 2.19 bits per heavy atom. The summed E-state index contributed by atoms with van der Waals surface area (Å²) in [5.41, 5.74) is 1.47. The zero-order valence-electron chi connectivity index (χ0n) is 9.90. The monoisotopic (exact) mass is 234 g/mol. The highest BCUT2D eigenvalue weighted by molar-refractivity contribution is 6.30. The largest absolute Gasteiger partial charge is 0.540 e. The van der Waals surface area contributed by atoms with Crippen molar-refractivity contribution in [3.8, 4) is 5.75 Å². The van der Waals surface area contributed by atoms with Crippen LogP contribution in [-0.4, -0.2) is 23.0 Å². The Labute approximate surface area is 100 Å². The molecule has 0 fully saturated rings. The average Bonchev–Trinajstić information content (AvgIpc) is 2.34. The molecule has 1 atom stereocenters. The molecule has 0 aromatic heterocycles. The minimum atomic E-state index is 0.420. The Morgan fingerprint density at radius 1 is 1.44 bits per heavy atom. The first-order chi connectivity index (χ1) is 7.77. The maximum Gasteiger partial charge on any atom is 0.316 e. The smallest absolute Gasteiger partial charge is 0.316 e. The molecule has 0 bridgehead atoms. The van der Waals surface area contributed by atoms with Crippen LogP contribution in [0.15, 0.2) is 30.8 Å². The highest BCUT2D eigenvalue weighted by atomic mass is 28.2. The zero-order valence-corrected chi connectivity index (χ0v) is 10.9. The van der Waals surface area contributed by atoms with E-state index in [1.807, 2.05) is 37.3 Å². The number of hydrogen-bond donors (Lipinski definition) is 0. The van der Waals surface area contributed by atoms with Crippen LogP contribution >= 0.6 is 0 Å². The highest BCUT2D eigenvalue weighted by Gasteiger charge is 2.08. The standard InChI is InChI=1S/C13H18O2Si/c1-4-12-8-6-7-9-13(12)15-16-11(3)10-14-5-2/h4,6-9,11H,1,5,10H2,2-3H3. The van der Waals surface area contributed by atoms with E-state index in [1.165, 1.54) is 0 Å². The molecule has 86 valence electrons. The summed E-state index contributed by atoms with van der Waals surface area (Å²) in [6.45, 7) is 9.42. The van der Waals surface area contributed by atoms with Gasteiger partial charge in [0.05, 0.1) is 0 Å². The summed E-state index contributed by atoms with van der Waals surface area (Å²) in [4.78, 5) is 0. The van der Waals surface area contributed by atoms with Gasteiger partial charge in [-0.25, -0.2) is 0 Å². The van der Waals surface area contributed by atoms with Crippen molar-refractivity contribution in [1.29, 1.82) is 0 Å². The van der Waals surface area contributed by atoms with Gasteiger partial charge in [-0.15, -0.1) is 0 Å². The van der Waals surface area contributed by atoms with Gasteiger partial charge in [0.2, 0.25) is 0 Å². The summed E-state index contributed by atoms with van der Waals surface area (Å²) in [6.07, 6.45) is 1.81. The van der Waals surface area contributed by atoms with Crippen molar-refractivity contribution in [1.82, 2.24) is 0 Å². The van der Waals surface area contributed by atoms with Crippen LogP contribution in [0.1, 0.15) is 19.4 Å². The van der Waals surface area contributed by atoms with Gasteiger partial charge < -0.3 is 9.16 Å². The third-order valence-electron chi connectivity index (χ3n) is 2.08. The van der Waals surface area contributed by atoms with Crippen LogP contribution in [-0.2, 0) is 4.74 Å². The normalized spacial score (nSPS) is 12.1. The van der Waals surface area contributed by atoms with Crippen LogP contribution in [0.4, 0.5) is 0 Å². The molecule has 0 spiro atoms. The summed E-state index contributed by atoms with van der Waals surface area (Å²) >= 11 is 0. The van der Waals surface area contributed by atoms with E-state index in [2.05, 4.69) is 13.5 Å². The quantitative estimate of drug-likeness (QED) is 0.675. The van der Waals surface area contributed by atoms with Crippen LogP contribution in [0, 0.1) is 0 Å².